The van der Waals surface area contributed by atoms with Crippen LogP contribution in [-0.4, -0.2) is 52.8 Å². The van der Waals surface area contributed by atoms with Gasteiger partial charge in [0.05, 0.1) is 6.10 Å². The van der Waals surface area contributed by atoms with E-state index >= 15 is 0 Å². The number of aliphatic hydroxyl groups excluding tert-OH is 1. The van der Waals surface area contributed by atoms with Crippen molar-refractivity contribution in [2.24, 2.45) is 0 Å². The Morgan fingerprint density at radius 3 is 2.83 bits per heavy atom. The van der Waals surface area contributed by atoms with Crippen molar-refractivity contribution in [1.82, 2.24) is 14.8 Å². The van der Waals surface area contributed by atoms with Gasteiger partial charge in [-0.3, -0.25) is 4.79 Å². The van der Waals surface area contributed by atoms with E-state index in [1.807, 2.05) is 35.0 Å². The number of nitrogens with zero attached hydrogens (tertiary/aromatic N) is 2. The molecule has 2 aromatic rings. The Hall–Kier alpha value is -1.85. The topological polar surface area (TPSA) is 57.5 Å². The van der Waals surface area contributed by atoms with Crippen LogP contribution in [0.25, 0.3) is 10.9 Å². The number of fused-ring (bicyclic) bond motifs is 1. The molecule has 5 heteroatoms. The third-order valence-corrected chi connectivity index (χ3v) is 4.52. The molecule has 1 fully saturated rings. The van der Waals surface area contributed by atoms with Crippen LogP contribution in [0, 0.1) is 0 Å². The van der Waals surface area contributed by atoms with Crippen molar-refractivity contribution < 1.29 is 9.90 Å². The summed E-state index contributed by atoms with van der Waals surface area (Å²) in [4.78, 5) is 14.4. The zero-order chi connectivity index (χ0) is 16.1. The van der Waals surface area contributed by atoms with E-state index in [-0.39, 0.29) is 12.0 Å². The summed E-state index contributed by atoms with van der Waals surface area (Å²) < 4.78 is 1.98. The molecular weight excluding hydrogens is 290 g/mol. The first-order valence-electron chi connectivity index (χ1n) is 8.43. The fourth-order valence-electron chi connectivity index (χ4n) is 3.16. The molecule has 0 aliphatic carbocycles. The van der Waals surface area contributed by atoms with Crippen LogP contribution < -0.4 is 5.32 Å². The number of nitrogens with one attached hydrogen (secondary N) is 1. The van der Waals surface area contributed by atoms with E-state index in [1.54, 1.807) is 0 Å². The molecule has 2 heterocycles. The predicted octanol–water partition coefficient (Wildman–Crippen LogP) is 1.60. The van der Waals surface area contributed by atoms with Crippen molar-refractivity contribution in [3.8, 4) is 0 Å². The molecule has 3 rings (SSSR count). The van der Waals surface area contributed by atoms with Crippen LogP contribution in [0.4, 0.5) is 0 Å². The van der Waals surface area contributed by atoms with Gasteiger partial charge in [-0.05, 0) is 43.3 Å². The second-order valence-electron chi connectivity index (χ2n) is 6.28. The summed E-state index contributed by atoms with van der Waals surface area (Å²) in [5.41, 5.74) is 1.09. The van der Waals surface area contributed by atoms with E-state index in [0.29, 0.717) is 13.1 Å². The zero-order valence-corrected chi connectivity index (χ0v) is 13.4. The number of para-hydroxylation sites is 1. The third-order valence-electron chi connectivity index (χ3n) is 4.52. The number of carbonyl (C=O) groups excluding carboxylic acids is 1. The molecule has 1 amide bonds. The van der Waals surface area contributed by atoms with Crippen LogP contribution in [0.5, 0.6) is 0 Å². The second-order valence-corrected chi connectivity index (χ2v) is 6.28. The summed E-state index contributed by atoms with van der Waals surface area (Å²) in [7, 11) is 0. The number of likely N-dealkylation sites (tertiary alicyclic amines) is 1. The number of carbonyl (C=O) groups is 1. The van der Waals surface area contributed by atoms with Gasteiger partial charge in [-0.25, -0.2) is 0 Å². The van der Waals surface area contributed by atoms with Gasteiger partial charge in [0.1, 0.15) is 6.54 Å². The molecule has 0 atom stereocenters. The molecule has 5 nitrogen and oxygen atoms in total. The van der Waals surface area contributed by atoms with Crippen molar-refractivity contribution in [1.29, 1.82) is 0 Å². The Balaban J connectivity index is 1.38. The lowest BCUT2D eigenvalue weighted by Gasteiger charge is -2.29. The Kier molecular flexibility index (Phi) is 5.31. The molecule has 0 saturated carbocycles. The Morgan fingerprint density at radius 1 is 1.22 bits per heavy atom. The quantitative estimate of drug-likeness (QED) is 0.796. The standard InChI is InChI=1S/C18H25N3O2/c22-16-7-11-20(12-8-16)10-3-9-19-18(23)14-21-13-6-15-4-1-2-5-17(15)21/h1-2,4-6,13,16,22H,3,7-12,14H2,(H,19,23). The highest BCUT2D eigenvalue weighted by Crippen LogP contribution is 2.14. The van der Waals surface area contributed by atoms with Gasteiger partial charge in [0, 0.05) is 31.3 Å². The summed E-state index contributed by atoms with van der Waals surface area (Å²) in [5, 5.41) is 13.6. The van der Waals surface area contributed by atoms with Gasteiger partial charge in [0.15, 0.2) is 0 Å². The minimum atomic E-state index is -0.123. The van der Waals surface area contributed by atoms with E-state index in [2.05, 4.69) is 16.3 Å². The summed E-state index contributed by atoms with van der Waals surface area (Å²) in [6.07, 6.45) is 4.53. The van der Waals surface area contributed by atoms with E-state index < -0.39 is 0 Å². The maximum Gasteiger partial charge on any atom is 0.239 e. The Labute approximate surface area is 136 Å². The molecule has 1 saturated heterocycles. The van der Waals surface area contributed by atoms with E-state index in [4.69, 9.17) is 0 Å². The molecule has 124 valence electrons. The van der Waals surface area contributed by atoms with Gasteiger partial charge >= 0.3 is 0 Å². The summed E-state index contributed by atoms with van der Waals surface area (Å²) in [6, 6.07) is 10.1. The lowest BCUT2D eigenvalue weighted by Crippen LogP contribution is -2.38. The van der Waals surface area contributed by atoms with E-state index in [9.17, 15) is 9.90 Å². The number of rotatable bonds is 6. The molecule has 1 aliphatic rings. The van der Waals surface area contributed by atoms with Gasteiger partial charge in [0.2, 0.25) is 5.91 Å². The minimum absolute atomic E-state index is 0.0559. The van der Waals surface area contributed by atoms with Crippen molar-refractivity contribution in [2.45, 2.75) is 31.9 Å². The number of hydrogen-bond acceptors (Lipinski definition) is 3. The van der Waals surface area contributed by atoms with Crippen molar-refractivity contribution >= 4 is 16.8 Å². The first-order valence-corrected chi connectivity index (χ1v) is 8.43. The number of aromatic nitrogens is 1. The number of piperidine rings is 1. The number of hydrogen-bond donors (Lipinski definition) is 2. The predicted molar refractivity (Wildman–Crippen MR) is 91.2 cm³/mol. The zero-order valence-electron chi connectivity index (χ0n) is 13.4. The summed E-state index contributed by atoms with van der Waals surface area (Å²) >= 11 is 0. The molecule has 0 spiro atoms. The fourth-order valence-corrected chi connectivity index (χ4v) is 3.16. The van der Waals surface area contributed by atoms with Gasteiger partial charge in [-0.15, -0.1) is 0 Å². The SMILES string of the molecule is O=C(Cn1ccc2ccccc21)NCCCN1CCC(O)CC1. The number of aliphatic hydroxyl groups is 1. The highest BCUT2D eigenvalue weighted by molar-refractivity contribution is 5.83. The van der Waals surface area contributed by atoms with Crippen molar-refractivity contribution in [3.63, 3.8) is 0 Å². The fraction of sp³-hybridized carbons (Fsp3) is 0.500. The average Bonchev–Trinajstić information content (AvgIpc) is 2.96. The molecular formula is C18H25N3O2. The molecule has 0 bridgehead atoms. The van der Waals surface area contributed by atoms with Crippen LogP contribution in [0.3, 0.4) is 0 Å². The van der Waals surface area contributed by atoms with Crippen LogP contribution in [0.15, 0.2) is 36.5 Å². The highest BCUT2D eigenvalue weighted by atomic mass is 16.3. The molecule has 1 aromatic heterocycles. The lowest BCUT2D eigenvalue weighted by atomic mass is 10.1. The molecule has 2 N–H and O–H groups in total. The molecule has 0 unspecified atom stereocenters. The minimum Gasteiger partial charge on any atom is -0.393 e. The lowest BCUT2D eigenvalue weighted by molar-refractivity contribution is -0.121. The molecule has 23 heavy (non-hydrogen) atoms. The van der Waals surface area contributed by atoms with Crippen molar-refractivity contribution in [3.05, 3.63) is 36.5 Å². The Morgan fingerprint density at radius 2 is 2.00 bits per heavy atom. The normalized spacial score (nSPS) is 16.7. The van der Waals surface area contributed by atoms with Crippen molar-refractivity contribution in [2.75, 3.05) is 26.2 Å². The van der Waals surface area contributed by atoms with Crippen LogP contribution in [0.1, 0.15) is 19.3 Å². The van der Waals surface area contributed by atoms with E-state index in [1.165, 1.54) is 0 Å². The van der Waals surface area contributed by atoms with Crippen LogP contribution >= 0.6 is 0 Å². The first-order chi connectivity index (χ1) is 11.2. The summed E-state index contributed by atoms with van der Waals surface area (Å²) in [5.74, 6) is 0.0559. The monoisotopic (exact) mass is 315 g/mol. The maximum absolute atomic E-state index is 12.1. The second kappa shape index (κ2) is 7.62. The van der Waals surface area contributed by atoms with Gasteiger partial charge < -0.3 is 19.9 Å². The number of benzene rings is 1. The largest absolute Gasteiger partial charge is 0.393 e. The maximum atomic E-state index is 12.1. The summed E-state index contributed by atoms with van der Waals surface area (Å²) in [6.45, 7) is 3.98. The number of amides is 1. The first kappa shape index (κ1) is 16.0. The van der Waals surface area contributed by atoms with Crippen LogP contribution in [0.2, 0.25) is 0 Å². The highest BCUT2D eigenvalue weighted by Gasteiger charge is 2.16. The molecule has 1 aromatic carbocycles. The van der Waals surface area contributed by atoms with Gasteiger partial charge in [-0.1, -0.05) is 18.2 Å². The molecule has 0 radical (unpaired) electrons. The van der Waals surface area contributed by atoms with Crippen LogP contribution in [-0.2, 0) is 11.3 Å². The average molecular weight is 315 g/mol. The van der Waals surface area contributed by atoms with Gasteiger partial charge in [-0.2, -0.15) is 0 Å². The Bertz CT molecular complexity index is 645. The smallest absolute Gasteiger partial charge is 0.239 e. The van der Waals surface area contributed by atoms with E-state index in [0.717, 1.165) is 49.8 Å². The molecule has 1 aliphatic heterocycles. The van der Waals surface area contributed by atoms with Gasteiger partial charge in [0.25, 0.3) is 0 Å². The third kappa shape index (κ3) is 4.33.